The number of carbonyl (C=O) groups excluding carboxylic acids is 2. The molecule has 8 nitrogen and oxygen atoms in total. The Morgan fingerprint density at radius 1 is 0.884 bits per heavy atom. The summed E-state index contributed by atoms with van der Waals surface area (Å²) in [7, 11) is 1.75. The minimum Gasteiger partial charge on any atom is -0.478 e. The fourth-order valence-electron chi connectivity index (χ4n) is 4.52. The van der Waals surface area contributed by atoms with E-state index in [-0.39, 0.29) is 30.8 Å². The fraction of sp³-hybridized carbons (Fsp3) is 0.235. The molecule has 0 saturated carbocycles. The largest absolute Gasteiger partial charge is 0.478 e. The van der Waals surface area contributed by atoms with Crippen LogP contribution in [0.15, 0.2) is 91.1 Å². The highest BCUT2D eigenvalue weighted by atomic mass is 35.5. The second kappa shape index (κ2) is 16.1. The third-order valence-electron chi connectivity index (χ3n) is 6.68. The molecule has 0 radical (unpaired) electrons. The standard InChI is InChI=1S/C34H36N4O4.ClH/c1-4-20-38(3)33(39)26-15-18-28(30(21-26)34(40)42-23-24-10-7-6-8-11-24)29-12-9-19-36-31(29)22-37-27-16-13-25(14-17-27)32(35)41-5-2;/h6-19,21,35,37H,4-5,20,22-23H2,1-3H3;1H. The van der Waals surface area contributed by atoms with Gasteiger partial charge in [-0.3, -0.25) is 15.2 Å². The number of halogens is 1. The van der Waals surface area contributed by atoms with Crippen LogP contribution < -0.4 is 5.32 Å². The van der Waals surface area contributed by atoms with Crippen LogP contribution in [0.5, 0.6) is 0 Å². The van der Waals surface area contributed by atoms with Crippen molar-refractivity contribution in [2.24, 2.45) is 0 Å². The average Bonchev–Trinajstić information content (AvgIpc) is 3.03. The van der Waals surface area contributed by atoms with Crippen LogP contribution in [0.1, 0.15) is 57.8 Å². The monoisotopic (exact) mass is 600 g/mol. The molecular formula is C34H37ClN4O4. The number of anilines is 1. The van der Waals surface area contributed by atoms with Crippen molar-refractivity contribution < 1.29 is 19.1 Å². The Bertz CT molecular complexity index is 1530. The molecule has 1 aromatic heterocycles. The van der Waals surface area contributed by atoms with Gasteiger partial charge in [0.2, 0.25) is 5.90 Å². The van der Waals surface area contributed by atoms with Crippen LogP contribution >= 0.6 is 12.4 Å². The molecule has 43 heavy (non-hydrogen) atoms. The lowest BCUT2D eigenvalue weighted by Gasteiger charge is -2.18. The Morgan fingerprint density at radius 3 is 2.30 bits per heavy atom. The van der Waals surface area contributed by atoms with Gasteiger partial charge in [0, 0.05) is 42.2 Å². The number of hydrogen-bond acceptors (Lipinski definition) is 7. The normalized spacial score (nSPS) is 10.3. The predicted molar refractivity (Wildman–Crippen MR) is 172 cm³/mol. The Morgan fingerprint density at radius 2 is 1.60 bits per heavy atom. The summed E-state index contributed by atoms with van der Waals surface area (Å²) in [5.74, 6) is -0.545. The van der Waals surface area contributed by atoms with Gasteiger partial charge in [0.25, 0.3) is 5.91 Å². The number of benzene rings is 3. The van der Waals surface area contributed by atoms with E-state index in [0.29, 0.717) is 42.0 Å². The molecule has 9 heteroatoms. The zero-order valence-corrected chi connectivity index (χ0v) is 25.4. The van der Waals surface area contributed by atoms with Crippen molar-refractivity contribution in [3.8, 4) is 11.1 Å². The van der Waals surface area contributed by atoms with Crippen molar-refractivity contribution in [3.05, 3.63) is 119 Å². The number of ether oxygens (including phenoxy) is 2. The summed E-state index contributed by atoms with van der Waals surface area (Å²) < 4.78 is 11.0. The number of hydrogen-bond donors (Lipinski definition) is 2. The lowest BCUT2D eigenvalue weighted by atomic mass is 9.95. The molecule has 3 aromatic carbocycles. The first kappa shape index (κ1) is 32.8. The molecule has 1 amide bonds. The second-order valence-electron chi connectivity index (χ2n) is 9.74. The summed E-state index contributed by atoms with van der Waals surface area (Å²) in [4.78, 5) is 32.8. The van der Waals surface area contributed by atoms with Crippen LogP contribution in [0.25, 0.3) is 11.1 Å². The van der Waals surface area contributed by atoms with Crippen molar-refractivity contribution in [1.82, 2.24) is 9.88 Å². The quantitative estimate of drug-likeness (QED) is 0.103. The van der Waals surface area contributed by atoms with Crippen molar-refractivity contribution in [2.45, 2.75) is 33.4 Å². The number of nitrogens with one attached hydrogen (secondary N) is 2. The molecule has 0 saturated heterocycles. The highest BCUT2D eigenvalue weighted by Crippen LogP contribution is 2.29. The number of pyridine rings is 1. The van der Waals surface area contributed by atoms with Gasteiger partial charge in [0.05, 0.1) is 24.4 Å². The third kappa shape index (κ3) is 8.66. The average molecular weight is 601 g/mol. The first-order valence-corrected chi connectivity index (χ1v) is 14.0. The molecule has 0 unspecified atom stereocenters. The molecule has 224 valence electrons. The van der Waals surface area contributed by atoms with E-state index in [9.17, 15) is 9.59 Å². The number of rotatable bonds is 12. The second-order valence-corrected chi connectivity index (χ2v) is 9.74. The molecule has 2 N–H and O–H groups in total. The van der Waals surface area contributed by atoms with E-state index in [4.69, 9.17) is 14.9 Å². The molecule has 0 aliphatic carbocycles. The van der Waals surface area contributed by atoms with Crippen molar-refractivity contribution >= 4 is 35.9 Å². The van der Waals surface area contributed by atoms with Crippen molar-refractivity contribution in [3.63, 3.8) is 0 Å². The predicted octanol–water partition coefficient (Wildman–Crippen LogP) is 6.98. The van der Waals surface area contributed by atoms with Crippen LogP contribution in [0.3, 0.4) is 0 Å². The van der Waals surface area contributed by atoms with Gasteiger partial charge >= 0.3 is 5.97 Å². The molecule has 0 bridgehead atoms. The smallest absolute Gasteiger partial charge is 0.339 e. The van der Waals surface area contributed by atoms with E-state index < -0.39 is 5.97 Å². The van der Waals surface area contributed by atoms with E-state index in [1.165, 1.54) is 0 Å². The van der Waals surface area contributed by atoms with Gasteiger partial charge < -0.3 is 19.7 Å². The Kier molecular flexibility index (Phi) is 12.3. The maximum atomic E-state index is 13.5. The van der Waals surface area contributed by atoms with E-state index in [2.05, 4.69) is 10.3 Å². The summed E-state index contributed by atoms with van der Waals surface area (Å²) in [6, 6.07) is 25.8. The molecule has 0 aliphatic rings. The number of carbonyl (C=O) groups is 2. The third-order valence-corrected chi connectivity index (χ3v) is 6.68. The van der Waals surface area contributed by atoms with Gasteiger partial charge in [0.15, 0.2) is 0 Å². The van der Waals surface area contributed by atoms with Gasteiger partial charge in [-0.1, -0.05) is 49.4 Å². The zero-order valence-electron chi connectivity index (χ0n) is 24.6. The lowest BCUT2D eigenvalue weighted by molar-refractivity contribution is 0.0473. The van der Waals surface area contributed by atoms with Crippen LogP contribution in [0, 0.1) is 5.41 Å². The minimum absolute atomic E-state index is 0. The maximum Gasteiger partial charge on any atom is 0.339 e. The summed E-state index contributed by atoms with van der Waals surface area (Å²) in [5.41, 5.74) is 5.25. The van der Waals surface area contributed by atoms with Gasteiger partial charge in [-0.15, -0.1) is 12.4 Å². The molecule has 0 aliphatic heterocycles. The van der Waals surface area contributed by atoms with Crippen LogP contribution in [-0.4, -0.2) is 47.9 Å². The lowest BCUT2D eigenvalue weighted by Crippen LogP contribution is -2.27. The molecule has 4 rings (SSSR count). The molecule has 1 heterocycles. The van der Waals surface area contributed by atoms with Crippen molar-refractivity contribution in [1.29, 1.82) is 5.41 Å². The number of aromatic nitrogens is 1. The first-order chi connectivity index (χ1) is 20.4. The van der Waals surface area contributed by atoms with E-state index >= 15 is 0 Å². The SMILES string of the molecule is CCCN(C)C(=O)c1ccc(-c2cccnc2CNc2ccc(C(=N)OCC)cc2)c(C(=O)OCc2ccccc2)c1.Cl. The van der Waals surface area contributed by atoms with Crippen LogP contribution in [0.2, 0.25) is 0 Å². The highest BCUT2D eigenvalue weighted by Gasteiger charge is 2.21. The molecule has 0 atom stereocenters. The Labute approximate surface area is 259 Å². The van der Waals surface area contributed by atoms with E-state index in [1.807, 2.05) is 80.6 Å². The summed E-state index contributed by atoms with van der Waals surface area (Å²) in [6.45, 7) is 5.41. The van der Waals surface area contributed by atoms with Crippen molar-refractivity contribution in [2.75, 3.05) is 25.5 Å². The number of amides is 1. The first-order valence-electron chi connectivity index (χ1n) is 14.0. The molecule has 0 spiro atoms. The fourth-order valence-corrected chi connectivity index (χ4v) is 4.52. The van der Waals surface area contributed by atoms with Gasteiger partial charge in [-0.05, 0) is 66.9 Å². The van der Waals surface area contributed by atoms with E-state index in [1.54, 1.807) is 36.3 Å². The maximum absolute atomic E-state index is 13.5. The summed E-state index contributed by atoms with van der Waals surface area (Å²) in [6.07, 6.45) is 2.54. The van der Waals surface area contributed by atoms with Gasteiger partial charge in [-0.25, -0.2) is 4.79 Å². The highest BCUT2D eigenvalue weighted by molar-refractivity contribution is 6.02. The van der Waals surface area contributed by atoms with Crippen LogP contribution in [-0.2, 0) is 22.6 Å². The zero-order chi connectivity index (χ0) is 29.9. The van der Waals surface area contributed by atoms with Gasteiger partial charge in [-0.2, -0.15) is 0 Å². The van der Waals surface area contributed by atoms with E-state index in [0.717, 1.165) is 28.9 Å². The molecule has 0 fully saturated rings. The Hall–Kier alpha value is -4.69. The number of nitrogens with zero attached hydrogens (tertiary/aromatic N) is 2. The molecular weight excluding hydrogens is 564 g/mol. The van der Waals surface area contributed by atoms with Crippen LogP contribution in [0.4, 0.5) is 5.69 Å². The number of esters is 1. The minimum atomic E-state index is -0.517. The summed E-state index contributed by atoms with van der Waals surface area (Å²) in [5, 5.41) is 11.3. The van der Waals surface area contributed by atoms with Gasteiger partial charge in [0.1, 0.15) is 6.61 Å². The summed E-state index contributed by atoms with van der Waals surface area (Å²) >= 11 is 0. The topological polar surface area (TPSA) is 105 Å². The molecule has 4 aromatic rings. The Balaban J connectivity index is 0.00000506.